The van der Waals surface area contributed by atoms with Crippen molar-refractivity contribution in [1.82, 2.24) is 10.6 Å². The molecule has 0 aromatic heterocycles. The van der Waals surface area contributed by atoms with Crippen LogP contribution in [0.3, 0.4) is 0 Å². The fourth-order valence-corrected chi connectivity index (χ4v) is 1.47. The van der Waals surface area contributed by atoms with E-state index >= 15 is 0 Å². The van der Waals surface area contributed by atoms with Gasteiger partial charge in [-0.25, -0.2) is 9.18 Å². The number of carbonyl (C=O) groups is 2. The van der Waals surface area contributed by atoms with Gasteiger partial charge in [-0.1, -0.05) is 12.2 Å². The Kier molecular flexibility index (Phi) is 5.39. The highest BCUT2D eigenvalue weighted by Gasteiger charge is 2.17. The van der Waals surface area contributed by atoms with E-state index in [1.54, 1.807) is 0 Å². The zero-order valence-corrected chi connectivity index (χ0v) is 11.7. The molecule has 20 heavy (non-hydrogen) atoms. The molecule has 1 aromatic rings. The van der Waals surface area contributed by atoms with E-state index in [1.165, 1.54) is 26.1 Å². The molecule has 0 radical (unpaired) electrons. The number of benzene rings is 1. The number of halogens is 1. The summed E-state index contributed by atoms with van der Waals surface area (Å²) in [5, 5.41) is 4.27. The molecular weight excluding hydrogens is 285 g/mol. The summed E-state index contributed by atoms with van der Waals surface area (Å²) in [6.07, 6.45) is -0.970. The number of hydrogen-bond donors (Lipinski definition) is 3. The van der Waals surface area contributed by atoms with Crippen molar-refractivity contribution < 1.29 is 18.7 Å². The highest BCUT2D eigenvalue weighted by molar-refractivity contribution is 7.80. The first-order chi connectivity index (χ1) is 9.35. The average molecular weight is 299 g/mol. The molecule has 1 rings (SSSR count). The Bertz CT molecular complexity index is 551. The Morgan fingerprint density at radius 3 is 2.60 bits per heavy atom. The third-order valence-corrected chi connectivity index (χ3v) is 2.57. The molecule has 1 aromatic carbocycles. The van der Waals surface area contributed by atoms with Gasteiger partial charge in [0.25, 0.3) is 5.91 Å². The van der Waals surface area contributed by atoms with Crippen LogP contribution in [0, 0.1) is 5.82 Å². The lowest BCUT2D eigenvalue weighted by molar-refractivity contribution is -0.126. The number of rotatable bonds is 4. The Hall–Kier alpha value is -2.22. The lowest BCUT2D eigenvalue weighted by Gasteiger charge is -2.14. The number of carbonyl (C=O) groups excluding carboxylic acids is 2. The molecule has 0 aliphatic heterocycles. The van der Waals surface area contributed by atoms with Gasteiger partial charge in [0.2, 0.25) is 0 Å². The van der Waals surface area contributed by atoms with E-state index in [0.29, 0.717) is 0 Å². The van der Waals surface area contributed by atoms with Gasteiger partial charge < -0.3 is 15.8 Å². The number of hydrogen-bond acceptors (Lipinski definition) is 4. The highest BCUT2D eigenvalue weighted by Crippen LogP contribution is 2.18. The van der Waals surface area contributed by atoms with Gasteiger partial charge in [-0.3, -0.25) is 10.1 Å². The molecule has 0 saturated heterocycles. The van der Waals surface area contributed by atoms with Crippen LogP contribution in [0.1, 0.15) is 12.5 Å². The smallest absolute Gasteiger partial charge is 0.321 e. The van der Waals surface area contributed by atoms with Gasteiger partial charge in [-0.15, -0.1) is 0 Å². The van der Waals surface area contributed by atoms with E-state index in [9.17, 15) is 14.0 Å². The number of nitrogens with two attached hydrogens (primary N) is 1. The quantitative estimate of drug-likeness (QED) is 0.711. The van der Waals surface area contributed by atoms with E-state index in [2.05, 4.69) is 17.5 Å². The van der Waals surface area contributed by atoms with Crippen molar-refractivity contribution in [2.24, 2.45) is 5.73 Å². The summed E-state index contributed by atoms with van der Waals surface area (Å²) < 4.78 is 18.8. The molecule has 0 heterocycles. The van der Waals surface area contributed by atoms with Crippen LogP contribution in [-0.4, -0.2) is 30.1 Å². The zero-order valence-electron chi connectivity index (χ0n) is 10.9. The van der Waals surface area contributed by atoms with Crippen molar-refractivity contribution in [2.45, 2.75) is 13.0 Å². The minimum Gasteiger partial charge on any atom is -0.481 e. The molecule has 0 fully saturated rings. The maximum absolute atomic E-state index is 13.6. The Morgan fingerprint density at radius 1 is 1.45 bits per heavy atom. The van der Waals surface area contributed by atoms with Crippen LogP contribution < -0.4 is 21.1 Å². The minimum absolute atomic E-state index is 0.0699. The second-order valence-corrected chi connectivity index (χ2v) is 4.27. The fraction of sp³-hybridized carbons (Fsp3) is 0.250. The molecule has 108 valence electrons. The fourth-order valence-electron chi connectivity index (χ4n) is 1.30. The number of imide groups is 1. The number of ether oxygens (including phenoxy) is 1. The van der Waals surface area contributed by atoms with E-state index < -0.39 is 23.9 Å². The topological polar surface area (TPSA) is 93.5 Å². The summed E-state index contributed by atoms with van der Waals surface area (Å²) in [7, 11) is 1.37. The molecule has 1 unspecified atom stereocenters. The SMILES string of the molecule is CNC(=O)NC(=O)C(C)Oc1ccc(C(N)=S)c(F)c1. The van der Waals surface area contributed by atoms with Gasteiger partial charge >= 0.3 is 6.03 Å². The molecule has 1 atom stereocenters. The molecule has 8 heteroatoms. The average Bonchev–Trinajstić information content (AvgIpc) is 2.37. The van der Waals surface area contributed by atoms with Crippen molar-refractivity contribution in [3.8, 4) is 5.75 Å². The summed E-state index contributed by atoms with van der Waals surface area (Å²) >= 11 is 4.67. The van der Waals surface area contributed by atoms with E-state index in [1.807, 2.05) is 5.32 Å². The molecule has 4 N–H and O–H groups in total. The predicted molar refractivity (Wildman–Crippen MR) is 75.0 cm³/mol. The van der Waals surface area contributed by atoms with E-state index in [-0.39, 0.29) is 16.3 Å². The van der Waals surface area contributed by atoms with Crippen LogP contribution in [0.25, 0.3) is 0 Å². The summed E-state index contributed by atoms with van der Waals surface area (Å²) in [5.74, 6) is -1.17. The monoisotopic (exact) mass is 299 g/mol. The summed E-state index contributed by atoms with van der Waals surface area (Å²) in [6, 6.07) is 3.20. The summed E-state index contributed by atoms with van der Waals surface area (Å²) in [5.41, 5.74) is 5.42. The van der Waals surface area contributed by atoms with Crippen LogP contribution in [-0.2, 0) is 4.79 Å². The first-order valence-corrected chi connectivity index (χ1v) is 6.04. The number of urea groups is 1. The van der Waals surface area contributed by atoms with Gasteiger partial charge in [0.05, 0.1) is 0 Å². The highest BCUT2D eigenvalue weighted by atomic mass is 32.1. The molecule has 0 aliphatic rings. The van der Waals surface area contributed by atoms with Gasteiger partial charge in [-0.05, 0) is 19.1 Å². The molecule has 0 aliphatic carbocycles. The van der Waals surface area contributed by atoms with Gasteiger partial charge in [0.15, 0.2) is 6.10 Å². The van der Waals surface area contributed by atoms with Crippen LogP contribution in [0.15, 0.2) is 18.2 Å². The van der Waals surface area contributed by atoms with Crippen molar-refractivity contribution in [3.05, 3.63) is 29.6 Å². The lowest BCUT2D eigenvalue weighted by atomic mass is 10.2. The third-order valence-electron chi connectivity index (χ3n) is 2.35. The normalized spacial score (nSPS) is 11.3. The van der Waals surface area contributed by atoms with Crippen molar-refractivity contribution >= 4 is 29.1 Å². The molecule has 3 amide bonds. The van der Waals surface area contributed by atoms with Gasteiger partial charge in [0, 0.05) is 18.7 Å². The van der Waals surface area contributed by atoms with Crippen LogP contribution in [0.4, 0.5) is 9.18 Å². The Labute approximate surface area is 120 Å². The second kappa shape index (κ2) is 6.80. The first kappa shape index (κ1) is 15.8. The number of nitrogens with one attached hydrogen (secondary N) is 2. The molecule has 0 saturated carbocycles. The Morgan fingerprint density at radius 2 is 2.10 bits per heavy atom. The Balaban J connectivity index is 2.73. The van der Waals surface area contributed by atoms with Crippen LogP contribution in [0.2, 0.25) is 0 Å². The van der Waals surface area contributed by atoms with E-state index in [0.717, 1.165) is 6.07 Å². The standard InChI is InChI=1S/C12H14FN3O3S/c1-6(11(17)16-12(18)15-2)19-7-3-4-8(10(14)20)9(13)5-7/h3-6H,1-2H3,(H2,14,20)(H2,15,16,17,18). The molecular formula is C12H14FN3O3S. The predicted octanol–water partition coefficient (Wildman–Crippen LogP) is 0.683. The second-order valence-electron chi connectivity index (χ2n) is 3.83. The van der Waals surface area contributed by atoms with Crippen LogP contribution in [0.5, 0.6) is 5.75 Å². The third kappa shape index (κ3) is 4.16. The molecule has 0 bridgehead atoms. The lowest BCUT2D eigenvalue weighted by Crippen LogP contribution is -2.43. The largest absolute Gasteiger partial charge is 0.481 e. The van der Waals surface area contributed by atoms with E-state index in [4.69, 9.17) is 10.5 Å². The number of thiocarbonyl (C=S) groups is 1. The first-order valence-electron chi connectivity index (χ1n) is 5.63. The zero-order chi connectivity index (χ0) is 15.3. The van der Waals surface area contributed by atoms with Gasteiger partial charge in [-0.2, -0.15) is 0 Å². The van der Waals surface area contributed by atoms with Crippen molar-refractivity contribution in [1.29, 1.82) is 0 Å². The van der Waals surface area contributed by atoms with Crippen LogP contribution >= 0.6 is 12.2 Å². The summed E-state index contributed by atoms with van der Waals surface area (Å²) in [4.78, 5) is 22.4. The molecule has 0 spiro atoms. The maximum Gasteiger partial charge on any atom is 0.321 e. The van der Waals surface area contributed by atoms with Crippen molar-refractivity contribution in [3.63, 3.8) is 0 Å². The number of amides is 3. The maximum atomic E-state index is 13.6. The van der Waals surface area contributed by atoms with Gasteiger partial charge in [0.1, 0.15) is 16.6 Å². The minimum atomic E-state index is -0.970. The molecule has 6 nitrogen and oxygen atoms in total. The van der Waals surface area contributed by atoms with Crippen molar-refractivity contribution in [2.75, 3.05) is 7.05 Å². The summed E-state index contributed by atoms with van der Waals surface area (Å²) in [6.45, 7) is 1.43.